The van der Waals surface area contributed by atoms with E-state index in [0.29, 0.717) is 12.5 Å². The fourth-order valence-corrected chi connectivity index (χ4v) is 8.18. The molecule has 0 radical (unpaired) electrons. The van der Waals surface area contributed by atoms with Crippen molar-refractivity contribution < 1.29 is 14.3 Å². The van der Waals surface area contributed by atoms with E-state index in [0.717, 1.165) is 88.3 Å². The first kappa shape index (κ1) is 22.4. The van der Waals surface area contributed by atoms with E-state index >= 15 is 0 Å². The van der Waals surface area contributed by atoms with Crippen LogP contribution < -0.4 is 4.90 Å². The van der Waals surface area contributed by atoms with Gasteiger partial charge in [0.2, 0.25) is 11.8 Å². The van der Waals surface area contributed by atoms with E-state index in [1.54, 1.807) is 0 Å². The maximum absolute atomic E-state index is 13.9. The lowest BCUT2D eigenvalue weighted by Crippen LogP contribution is -2.57. The highest BCUT2D eigenvalue weighted by atomic mass is 16.5. The predicted molar refractivity (Wildman–Crippen MR) is 131 cm³/mol. The Bertz CT molecular complexity index is 888. The number of rotatable bonds is 5. The Kier molecular flexibility index (Phi) is 5.83. The van der Waals surface area contributed by atoms with Crippen molar-refractivity contribution in [2.24, 2.45) is 23.2 Å². The van der Waals surface area contributed by atoms with Crippen LogP contribution in [0.3, 0.4) is 0 Å². The molecule has 2 saturated heterocycles. The molecule has 1 aromatic rings. The average Bonchev–Trinajstić information content (AvgIpc) is 3.33. The topological polar surface area (TPSA) is 53.1 Å². The molecule has 7 rings (SSSR count). The van der Waals surface area contributed by atoms with Crippen molar-refractivity contribution in [2.45, 2.75) is 64.0 Å². The Labute approximate surface area is 203 Å². The molecule has 6 aliphatic rings. The van der Waals surface area contributed by atoms with Gasteiger partial charge in [0.25, 0.3) is 0 Å². The fraction of sp³-hybridized carbons (Fsp3) is 0.714. The maximum atomic E-state index is 13.9. The number of anilines is 1. The summed E-state index contributed by atoms with van der Waals surface area (Å²) in [5.74, 6) is 2.65. The van der Waals surface area contributed by atoms with Crippen LogP contribution in [0.5, 0.6) is 0 Å². The quantitative estimate of drug-likeness (QED) is 0.666. The molecule has 1 aromatic carbocycles. The number of benzene rings is 1. The van der Waals surface area contributed by atoms with Crippen molar-refractivity contribution in [1.82, 2.24) is 9.80 Å². The molecular formula is C28H39N3O3. The fourth-order valence-electron chi connectivity index (χ4n) is 8.18. The second kappa shape index (κ2) is 8.85. The van der Waals surface area contributed by atoms with Gasteiger partial charge < -0.3 is 19.4 Å². The molecule has 2 aliphatic heterocycles. The van der Waals surface area contributed by atoms with E-state index in [9.17, 15) is 9.59 Å². The zero-order valence-electron chi connectivity index (χ0n) is 20.6. The zero-order chi connectivity index (χ0) is 23.3. The lowest BCUT2D eigenvalue weighted by atomic mass is 9.49. The number of morpholine rings is 1. The number of amides is 2. The van der Waals surface area contributed by atoms with Crippen LogP contribution in [-0.4, -0.2) is 67.6 Å². The van der Waals surface area contributed by atoms with Crippen LogP contribution in [0, 0.1) is 23.2 Å². The Hall–Kier alpha value is -2.08. The first-order chi connectivity index (χ1) is 16.5. The van der Waals surface area contributed by atoms with Gasteiger partial charge in [0, 0.05) is 38.9 Å². The van der Waals surface area contributed by atoms with E-state index in [-0.39, 0.29) is 17.4 Å². The smallest absolute Gasteiger partial charge is 0.245 e. The van der Waals surface area contributed by atoms with E-state index < -0.39 is 0 Å². The van der Waals surface area contributed by atoms with Crippen molar-refractivity contribution in [2.75, 3.05) is 44.8 Å². The summed E-state index contributed by atoms with van der Waals surface area (Å²) < 4.78 is 5.45. The average molecular weight is 466 g/mol. The minimum Gasteiger partial charge on any atom is -0.378 e. The first-order valence-electron chi connectivity index (χ1n) is 13.5. The Morgan fingerprint density at radius 1 is 0.971 bits per heavy atom. The lowest BCUT2D eigenvalue weighted by Gasteiger charge is -2.56. The summed E-state index contributed by atoms with van der Waals surface area (Å²) in [6.45, 7) is 4.73. The molecule has 2 amide bonds. The van der Waals surface area contributed by atoms with Crippen LogP contribution >= 0.6 is 0 Å². The minimum absolute atomic E-state index is 0.104. The molecule has 4 aliphatic carbocycles. The second-order valence-corrected chi connectivity index (χ2v) is 11.8. The molecule has 1 atom stereocenters. The van der Waals surface area contributed by atoms with Crippen molar-refractivity contribution in [3.05, 3.63) is 29.8 Å². The molecular weight excluding hydrogens is 426 g/mol. The highest BCUT2D eigenvalue weighted by Crippen LogP contribution is 2.60. The monoisotopic (exact) mass is 465 g/mol. The van der Waals surface area contributed by atoms with Gasteiger partial charge in [-0.25, -0.2) is 0 Å². The molecule has 184 valence electrons. The molecule has 34 heavy (non-hydrogen) atoms. The molecule has 6 heteroatoms. The molecule has 6 nitrogen and oxygen atoms in total. The van der Waals surface area contributed by atoms with Crippen LogP contribution in [0.1, 0.15) is 56.9 Å². The van der Waals surface area contributed by atoms with Gasteiger partial charge >= 0.3 is 0 Å². The standard InChI is InChI=1S/C28H39N3O3/c1-29(19-20-4-6-24(7-5-20)30-9-11-34-12-10-30)26(32)25-3-2-8-31(25)27(33)28-16-21-13-22(17-28)15-23(14-21)18-28/h4-7,21-23,25H,2-3,8-19H2,1H3. The Balaban J connectivity index is 1.11. The highest BCUT2D eigenvalue weighted by molar-refractivity contribution is 5.91. The van der Waals surface area contributed by atoms with Crippen LogP contribution in [-0.2, 0) is 20.9 Å². The number of likely N-dealkylation sites (N-methyl/N-ethyl adjacent to an activating group) is 1. The van der Waals surface area contributed by atoms with Crippen molar-refractivity contribution >= 4 is 17.5 Å². The van der Waals surface area contributed by atoms with Gasteiger partial charge in [-0.3, -0.25) is 9.59 Å². The third-order valence-corrected chi connectivity index (χ3v) is 9.40. The van der Waals surface area contributed by atoms with Gasteiger partial charge in [-0.05, 0) is 86.8 Å². The summed E-state index contributed by atoms with van der Waals surface area (Å²) in [7, 11) is 1.89. The summed E-state index contributed by atoms with van der Waals surface area (Å²) >= 11 is 0. The van der Waals surface area contributed by atoms with E-state index in [4.69, 9.17) is 4.74 Å². The van der Waals surface area contributed by atoms with Crippen LogP contribution in [0.2, 0.25) is 0 Å². The molecule has 1 unspecified atom stereocenters. The maximum Gasteiger partial charge on any atom is 0.245 e. The Morgan fingerprint density at radius 3 is 2.21 bits per heavy atom. The Morgan fingerprint density at radius 2 is 1.59 bits per heavy atom. The first-order valence-corrected chi connectivity index (χ1v) is 13.5. The molecule has 0 N–H and O–H groups in total. The van der Waals surface area contributed by atoms with E-state index in [1.165, 1.54) is 24.9 Å². The van der Waals surface area contributed by atoms with Gasteiger partial charge in [-0.1, -0.05) is 12.1 Å². The third kappa shape index (κ3) is 4.02. The normalized spacial score (nSPS) is 34.5. The third-order valence-electron chi connectivity index (χ3n) is 9.40. The molecule has 2 heterocycles. The minimum atomic E-state index is -0.280. The van der Waals surface area contributed by atoms with Crippen molar-refractivity contribution in [3.63, 3.8) is 0 Å². The summed E-state index contributed by atoms with van der Waals surface area (Å²) in [5.41, 5.74) is 2.18. The molecule has 0 aromatic heterocycles. The van der Waals surface area contributed by atoms with Gasteiger partial charge in [-0.15, -0.1) is 0 Å². The number of likely N-dealkylation sites (tertiary alicyclic amines) is 1. The molecule has 4 saturated carbocycles. The summed E-state index contributed by atoms with van der Waals surface area (Å²) in [6.07, 6.45) is 8.96. The van der Waals surface area contributed by atoms with Crippen LogP contribution in [0.25, 0.3) is 0 Å². The molecule has 0 spiro atoms. The lowest BCUT2D eigenvalue weighted by molar-refractivity contribution is -0.161. The molecule has 4 bridgehead atoms. The SMILES string of the molecule is CN(Cc1ccc(N2CCOCC2)cc1)C(=O)C1CCCN1C(=O)C12CC3CC(CC(C3)C1)C2. The van der Waals surface area contributed by atoms with Gasteiger partial charge in [0.05, 0.1) is 18.6 Å². The van der Waals surface area contributed by atoms with E-state index in [1.807, 2.05) is 16.8 Å². The summed E-state index contributed by atoms with van der Waals surface area (Å²) in [5, 5.41) is 0. The van der Waals surface area contributed by atoms with Crippen molar-refractivity contribution in [3.8, 4) is 0 Å². The number of nitrogens with zero attached hydrogens (tertiary/aromatic N) is 3. The summed E-state index contributed by atoms with van der Waals surface area (Å²) in [6, 6.07) is 8.27. The number of carbonyl (C=O) groups is 2. The van der Waals surface area contributed by atoms with Gasteiger partial charge in [0.15, 0.2) is 0 Å². The zero-order valence-corrected chi connectivity index (χ0v) is 20.6. The number of ether oxygens (including phenoxy) is 1. The largest absolute Gasteiger partial charge is 0.378 e. The van der Waals surface area contributed by atoms with Crippen LogP contribution in [0.4, 0.5) is 5.69 Å². The number of hydrogen-bond acceptors (Lipinski definition) is 4. The highest BCUT2D eigenvalue weighted by Gasteiger charge is 2.56. The number of carbonyl (C=O) groups excluding carboxylic acids is 2. The molecule has 6 fully saturated rings. The van der Waals surface area contributed by atoms with Gasteiger partial charge in [0.1, 0.15) is 6.04 Å². The summed E-state index contributed by atoms with van der Waals surface area (Å²) in [4.78, 5) is 33.6. The van der Waals surface area contributed by atoms with E-state index in [2.05, 4.69) is 29.2 Å². The predicted octanol–water partition coefficient (Wildman–Crippen LogP) is 3.69. The van der Waals surface area contributed by atoms with Gasteiger partial charge in [-0.2, -0.15) is 0 Å². The number of hydrogen-bond donors (Lipinski definition) is 0. The second-order valence-electron chi connectivity index (χ2n) is 11.8. The van der Waals surface area contributed by atoms with Crippen LogP contribution in [0.15, 0.2) is 24.3 Å². The van der Waals surface area contributed by atoms with Crippen molar-refractivity contribution in [1.29, 1.82) is 0 Å².